The molecule has 0 spiro atoms. The Morgan fingerprint density at radius 1 is 1.16 bits per heavy atom. The summed E-state index contributed by atoms with van der Waals surface area (Å²) >= 11 is 0. The van der Waals surface area contributed by atoms with Crippen molar-refractivity contribution in [2.75, 3.05) is 32.6 Å². The Labute approximate surface area is 187 Å². The molecule has 1 atom stereocenters. The lowest BCUT2D eigenvalue weighted by atomic mass is 9.97. The van der Waals surface area contributed by atoms with Crippen LogP contribution in [0, 0.1) is 12.8 Å². The molecule has 8 heteroatoms. The van der Waals surface area contributed by atoms with Gasteiger partial charge in [0.15, 0.2) is 11.5 Å². The average molecular weight is 437 g/mol. The van der Waals surface area contributed by atoms with E-state index in [1.807, 2.05) is 37.3 Å². The predicted molar refractivity (Wildman–Crippen MR) is 121 cm³/mol. The fraction of sp³-hybridized carbons (Fsp3) is 0.375. The molecule has 1 amide bonds. The predicted octanol–water partition coefficient (Wildman–Crippen LogP) is 3.91. The molecule has 8 nitrogen and oxygen atoms in total. The number of benzene rings is 2. The van der Waals surface area contributed by atoms with Gasteiger partial charge in [0.05, 0.1) is 26.7 Å². The third kappa shape index (κ3) is 5.08. The minimum atomic E-state index is -0.115. The van der Waals surface area contributed by atoms with Gasteiger partial charge in [0, 0.05) is 23.9 Å². The first-order valence-corrected chi connectivity index (χ1v) is 10.7. The van der Waals surface area contributed by atoms with E-state index in [1.54, 1.807) is 26.4 Å². The van der Waals surface area contributed by atoms with Crippen LogP contribution < -0.4 is 14.8 Å². The maximum atomic E-state index is 12.9. The van der Waals surface area contributed by atoms with Crippen molar-refractivity contribution in [1.82, 2.24) is 15.0 Å². The summed E-state index contributed by atoms with van der Waals surface area (Å²) in [6.45, 7) is 4.10. The SMILES string of the molecule is COc1ccc(NC(=O)C2CCCN(Cc3nc(-c4ccc(C)cc4)no3)C2)cc1OC. The van der Waals surface area contributed by atoms with Gasteiger partial charge in [-0.05, 0) is 38.4 Å². The van der Waals surface area contributed by atoms with Crippen molar-refractivity contribution in [1.29, 1.82) is 0 Å². The minimum absolute atomic E-state index is 0.00667. The maximum absolute atomic E-state index is 12.9. The molecule has 0 bridgehead atoms. The summed E-state index contributed by atoms with van der Waals surface area (Å²) < 4.78 is 16.0. The lowest BCUT2D eigenvalue weighted by Crippen LogP contribution is -2.40. The first kappa shape index (κ1) is 21.8. The summed E-state index contributed by atoms with van der Waals surface area (Å²) in [5.74, 6) is 2.22. The van der Waals surface area contributed by atoms with Crippen molar-refractivity contribution >= 4 is 11.6 Å². The summed E-state index contributed by atoms with van der Waals surface area (Å²) in [7, 11) is 3.16. The number of nitrogens with zero attached hydrogens (tertiary/aromatic N) is 3. The van der Waals surface area contributed by atoms with E-state index in [9.17, 15) is 4.79 Å². The Bertz CT molecular complexity index is 1060. The number of methoxy groups -OCH3 is 2. The molecule has 1 aliphatic heterocycles. The third-order valence-electron chi connectivity index (χ3n) is 5.66. The molecule has 0 aliphatic carbocycles. The van der Waals surface area contributed by atoms with E-state index >= 15 is 0 Å². The highest BCUT2D eigenvalue weighted by atomic mass is 16.5. The van der Waals surface area contributed by atoms with Gasteiger partial charge in [-0.15, -0.1) is 0 Å². The number of carbonyl (C=O) groups is 1. The minimum Gasteiger partial charge on any atom is -0.493 e. The van der Waals surface area contributed by atoms with Gasteiger partial charge >= 0.3 is 0 Å². The zero-order chi connectivity index (χ0) is 22.5. The van der Waals surface area contributed by atoms with Crippen LogP contribution >= 0.6 is 0 Å². The number of likely N-dealkylation sites (tertiary alicyclic amines) is 1. The highest BCUT2D eigenvalue weighted by Crippen LogP contribution is 2.30. The molecule has 1 saturated heterocycles. The maximum Gasteiger partial charge on any atom is 0.241 e. The Morgan fingerprint density at radius 2 is 1.94 bits per heavy atom. The van der Waals surface area contributed by atoms with E-state index in [2.05, 4.69) is 20.4 Å². The van der Waals surface area contributed by atoms with Gasteiger partial charge in [0.2, 0.25) is 17.6 Å². The largest absolute Gasteiger partial charge is 0.493 e. The van der Waals surface area contributed by atoms with E-state index in [1.165, 1.54) is 5.56 Å². The third-order valence-corrected chi connectivity index (χ3v) is 5.66. The average Bonchev–Trinajstić information content (AvgIpc) is 3.28. The second-order valence-corrected chi connectivity index (χ2v) is 8.01. The van der Waals surface area contributed by atoms with E-state index < -0.39 is 0 Å². The molecule has 1 aromatic heterocycles. The number of carbonyl (C=O) groups excluding carboxylic acids is 1. The first-order chi connectivity index (χ1) is 15.6. The Balaban J connectivity index is 1.36. The molecule has 3 aromatic rings. The van der Waals surface area contributed by atoms with Gasteiger partial charge in [-0.3, -0.25) is 9.69 Å². The van der Waals surface area contributed by atoms with Gasteiger partial charge in [0.25, 0.3) is 0 Å². The molecule has 0 saturated carbocycles. The number of piperidine rings is 1. The Kier molecular flexibility index (Phi) is 6.70. The molecule has 1 aliphatic rings. The second kappa shape index (κ2) is 9.82. The van der Waals surface area contributed by atoms with Crippen LogP contribution in [0.25, 0.3) is 11.4 Å². The van der Waals surface area contributed by atoms with Crippen LogP contribution in [0.5, 0.6) is 11.5 Å². The van der Waals surface area contributed by atoms with Gasteiger partial charge in [0.1, 0.15) is 0 Å². The molecule has 168 valence electrons. The van der Waals surface area contributed by atoms with Crippen LogP contribution in [-0.2, 0) is 11.3 Å². The standard InChI is InChI=1S/C24H28N4O4/c1-16-6-8-17(9-7-16)23-26-22(32-27-23)15-28-12-4-5-18(14-28)24(29)25-19-10-11-20(30-2)21(13-19)31-3/h6-11,13,18H,4-5,12,14-15H2,1-3H3,(H,25,29). The number of aromatic nitrogens is 2. The topological polar surface area (TPSA) is 89.7 Å². The van der Waals surface area contributed by atoms with Crippen molar-refractivity contribution in [3.63, 3.8) is 0 Å². The summed E-state index contributed by atoms with van der Waals surface area (Å²) in [6, 6.07) is 13.4. The van der Waals surface area contributed by atoms with E-state index in [-0.39, 0.29) is 11.8 Å². The number of anilines is 1. The van der Waals surface area contributed by atoms with Crippen LogP contribution in [-0.4, -0.2) is 48.3 Å². The van der Waals surface area contributed by atoms with Crippen molar-refractivity contribution < 1.29 is 18.8 Å². The van der Waals surface area contributed by atoms with E-state index in [4.69, 9.17) is 14.0 Å². The summed E-state index contributed by atoms with van der Waals surface area (Å²) in [5.41, 5.74) is 2.80. The molecular formula is C24H28N4O4. The van der Waals surface area contributed by atoms with Gasteiger partial charge in [-0.1, -0.05) is 35.0 Å². The van der Waals surface area contributed by atoms with Crippen molar-refractivity contribution in [3.05, 3.63) is 53.9 Å². The number of hydrogen-bond acceptors (Lipinski definition) is 7. The van der Waals surface area contributed by atoms with Crippen LogP contribution in [0.3, 0.4) is 0 Å². The number of ether oxygens (including phenoxy) is 2. The molecule has 2 heterocycles. The molecule has 1 fully saturated rings. The molecule has 1 unspecified atom stereocenters. The Morgan fingerprint density at radius 3 is 2.69 bits per heavy atom. The molecule has 2 aromatic carbocycles. The molecular weight excluding hydrogens is 408 g/mol. The number of aryl methyl sites for hydroxylation is 1. The molecule has 4 rings (SSSR count). The van der Waals surface area contributed by atoms with Crippen molar-refractivity contribution in [2.24, 2.45) is 5.92 Å². The number of nitrogens with one attached hydrogen (secondary N) is 1. The summed E-state index contributed by atoms with van der Waals surface area (Å²) in [6.07, 6.45) is 1.77. The highest BCUT2D eigenvalue weighted by molar-refractivity contribution is 5.93. The normalized spacial score (nSPS) is 16.5. The molecule has 1 N–H and O–H groups in total. The lowest BCUT2D eigenvalue weighted by molar-refractivity contribution is -0.121. The monoisotopic (exact) mass is 436 g/mol. The van der Waals surface area contributed by atoms with Crippen LogP contribution in [0.1, 0.15) is 24.3 Å². The van der Waals surface area contributed by atoms with E-state index in [0.717, 1.165) is 24.9 Å². The fourth-order valence-corrected chi connectivity index (χ4v) is 3.90. The fourth-order valence-electron chi connectivity index (χ4n) is 3.90. The van der Waals surface area contributed by atoms with Crippen molar-refractivity contribution in [2.45, 2.75) is 26.3 Å². The number of rotatable bonds is 7. The van der Waals surface area contributed by atoms with Crippen LogP contribution in [0.2, 0.25) is 0 Å². The van der Waals surface area contributed by atoms with Gasteiger partial charge < -0.3 is 19.3 Å². The van der Waals surface area contributed by atoms with Crippen LogP contribution in [0.15, 0.2) is 47.0 Å². The first-order valence-electron chi connectivity index (χ1n) is 10.7. The number of amides is 1. The Hall–Kier alpha value is -3.39. The summed E-state index contributed by atoms with van der Waals surface area (Å²) in [5, 5.41) is 7.11. The number of hydrogen-bond donors (Lipinski definition) is 1. The molecule has 32 heavy (non-hydrogen) atoms. The second-order valence-electron chi connectivity index (χ2n) is 8.01. The zero-order valence-corrected chi connectivity index (χ0v) is 18.6. The highest BCUT2D eigenvalue weighted by Gasteiger charge is 2.27. The van der Waals surface area contributed by atoms with E-state index in [0.29, 0.717) is 42.0 Å². The quantitative estimate of drug-likeness (QED) is 0.600. The van der Waals surface area contributed by atoms with Gasteiger partial charge in [-0.2, -0.15) is 4.98 Å². The van der Waals surface area contributed by atoms with Crippen molar-refractivity contribution in [3.8, 4) is 22.9 Å². The molecule has 0 radical (unpaired) electrons. The zero-order valence-electron chi connectivity index (χ0n) is 18.6. The van der Waals surface area contributed by atoms with Gasteiger partial charge in [-0.25, -0.2) is 0 Å². The lowest BCUT2D eigenvalue weighted by Gasteiger charge is -2.30. The summed E-state index contributed by atoms with van der Waals surface area (Å²) in [4.78, 5) is 19.6. The van der Waals surface area contributed by atoms with Crippen LogP contribution in [0.4, 0.5) is 5.69 Å². The smallest absolute Gasteiger partial charge is 0.241 e.